The minimum absolute atomic E-state index is 0.0822. The molecule has 1 N–H and O–H groups in total. The van der Waals surface area contributed by atoms with Gasteiger partial charge in [0.15, 0.2) is 6.61 Å². The summed E-state index contributed by atoms with van der Waals surface area (Å²) in [5.41, 5.74) is 2.40. The molecule has 4 saturated carbocycles. The summed E-state index contributed by atoms with van der Waals surface area (Å²) in [6.45, 7) is 3.51. The average Bonchev–Trinajstić information content (AvgIpc) is 2.67. The van der Waals surface area contributed by atoms with Gasteiger partial charge >= 0.3 is 5.97 Å². The van der Waals surface area contributed by atoms with E-state index in [2.05, 4.69) is 5.32 Å². The fourth-order valence-corrected chi connectivity index (χ4v) is 6.12. The van der Waals surface area contributed by atoms with Crippen molar-refractivity contribution in [2.45, 2.75) is 52.4 Å². The number of anilines is 1. The number of carbonyl (C=O) groups excluding carboxylic acids is 3. The van der Waals surface area contributed by atoms with Gasteiger partial charge in [-0.2, -0.15) is 0 Å². The van der Waals surface area contributed by atoms with E-state index in [1.165, 1.54) is 24.2 Å². The van der Waals surface area contributed by atoms with Crippen LogP contribution in [0.5, 0.6) is 0 Å². The van der Waals surface area contributed by atoms with Gasteiger partial charge in [0.25, 0.3) is 5.91 Å². The Balaban J connectivity index is 1.27. The number of likely N-dealkylation sites (N-methyl/N-ethyl adjacent to an activating group) is 1. The summed E-state index contributed by atoms with van der Waals surface area (Å²) >= 11 is 0. The van der Waals surface area contributed by atoms with Gasteiger partial charge in [0, 0.05) is 12.7 Å². The molecular weight excluding hydrogens is 380 g/mol. The van der Waals surface area contributed by atoms with Crippen molar-refractivity contribution in [3.63, 3.8) is 0 Å². The van der Waals surface area contributed by atoms with Crippen LogP contribution in [-0.2, 0) is 19.1 Å². The highest BCUT2D eigenvalue weighted by Gasteiger charge is 2.55. The van der Waals surface area contributed by atoms with Crippen molar-refractivity contribution in [3.8, 4) is 0 Å². The van der Waals surface area contributed by atoms with E-state index in [4.69, 9.17) is 4.74 Å². The molecule has 4 aliphatic rings. The predicted octanol–water partition coefficient (Wildman–Crippen LogP) is 3.46. The smallest absolute Gasteiger partial charge is 0.312 e. The second-order valence-electron chi connectivity index (χ2n) is 9.89. The number of rotatable bonds is 6. The Morgan fingerprint density at radius 2 is 1.67 bits per heavy atom. The van der Waals surface area contributed by atoms with Crippen molar-refractivity contribution >= 4 is 23.5 Å². The Bertz CT molecular complexity index is 827. The largest absolute Gasteiger partial charge is 0.455 e. The Morgan fingerprint density at radius 1 is 1.07 bits per heavy atom. The molecule has 162 valence electrons. The lowest BCUT2D eigenvalue weighted by molar-refractivity contribution is -0.174. The fraction of sp³-hybridized carbons (Fsp3) is 0.625. The maximum absolute atomic E-state index is 12.9. The number of hydrogen-bond donors (Lipinski definition) is 1. The molecule has 6 nitrogen and oxygen atoms in total. The third-order valence-corrected chi connectivity index (χ3v) is 7.27. The molecule has 0 atom stereocenters. The zero-order valence-electron chi connectivity index (χ0n) is 18.2. The molecule has 6 heteroatoms. The molecule has 1 aromatic rings. The van der Waals surface area contributed by atoms with Crippen LogP contribution in [0, 0.1) is 37.0 Å². The topological polar surface area (TPSA) is 75.7 Å². The van der Waals surface area contributed by atoms with Gasteiger partial charge in [0.05, 0.1) is 12.0 Å². The summed E-state index contributed by atoms with van der Waals surface area (Å²) in [6.07, 6.45) is 6.51. The quantitative estimate of drug-likeness (QED) is 0.726. The summed E-state index contributed by atoms with van der Waals surface area (Å²) in [5, 5.41) is 2.85. The van der Waals surface area contributed by atoms with E-state index in [1.807, 2.05) is 32.0 Å². The van der Waals surface area contributed by atoms with E-state index < -0.39 is 0 Å². The molecule has 0 heterocycles. The number of ether oxygens (including phenoxy) is 1. The van der Waals surface area contributed by atoms with E-state index in [9.17, 15) is 14.4 Å². The second-order valence-corrected chi connectivity index (χ2v) is 9.89. The third-order valence-electron chi connectivity index (χ3n) is 7.27. The van der Waals surface area contributed by atoms with Crippen LogP contribution in [0.2, 0.25) is 0 Å². The number of nitrogens with one attached hydrogen (secondary N) is 1. The Kier molecular flexibility index (Phi) is 5.60. The van der Waals surface area contributed by atoms with E-state index in [0.717, 1.165) is 36.1 Å². The number of amides is 2. The van der Waals surface area contributed by atoms with Crippen LogP contribution in [0.3, 0.4) is 0 Å². The van der Waals surface area contributed by atoms with Crippen LogP contribution in [0.1, 0.15) is 49.7 Å². The lowest BCUT2D eigenvalue weighted by Gasteiger charge is -2.55. The van der Waals surface area contributed by atoms with E-state index >= 15 is 0 Å². The van der Waals surface area contributed by atoms with Crippen molar-refractivity contribution in [2.75, 3.05) is 25.5 Å². The molecule has 0 spiro atoms. The lowest BCUT2D eigenvalue weighted by atomic mass is 9.49. The van der Waals surface area contributed by atoms with Gasteiger partial charge in [-0.3, -0.25) is 14.4 Å². The summed E-state index contributed by atoms with van der Waals surface area (Å²) in [7, 11) is 1.56. The number of aryl methyl sites for hydroxylation is 2. The highest BCUT2D eigenvalue weighted by Crippen LogP contribution is 2.60. The van der Waals surface area contributed by atoms with E-state index in [0.29, 0.717) is 17.8 Å². The molecule has 5 rings (SSSR count). The van der Waals surface area contributed by atoms with Crippen LogP contribution >= 0.6 is 0 Å². The second kappa shape index (κ2) is 8.05. The van der Waals surface area contributed by atoms with Crippen LogP contribution in [0.4, 0.5) is 5.69 Å². The molecule has 0 aromatic heterocycles. The van der Waals surface area contributed by atoms with Crippen molar-refractivity contribution in [2.24, 2.45) is 23.2 Å². The number of benzene rings is 1. The summed E-state index contributed by atoms with van der Waals surface area (Å²) in [6, 6.07) is 5.84. The summed E-state index contributed by atoms with van der Waals surface area (Å²) in [5.74, 6) is 1.11. The Hall–Kier alpha value is -2.37. The van der Waals surface area contributed by atoms with Gasteiger partial charge in [-0.15, -0.1) is 0 Å². The first kappa shape index (κ1) is 20.9. The highest BCUT2D eigenvalue weighted by molar-refractivity contribution is 5.95. The number of carbonyl (C=O) groups is 3. The zero-order chi connectivity index (χ0) is 21.5. The monoisotopic (exact) mass is 412 g/mol. The van der Waals surface area contributed by atoms with Crippen LogP contribution in [0.15, 0.2) is 18.2 Å². The normalized spacial score (nSPS) is 28.8. The highest BCUT2D eigenvalue weighted by atomic mass is 16.5. The average molecular weight is 413 g/mol. The van der Waals surface area contributed by atoms with Crippen LogP contribution in [-0.4, -0.2) is 42.9 Å². The van der Waals surface area contributed by atoms with Gasteiger partial charge < -0.3 is 15.0 Å². The van der Waals surface area contributed by atoms with Crippen molar-refractivity contribution in [1.82, 2.24) is 4.90 Å². The van der Waals surface area contributed by atoms with Gasteiger partial charge in [0.2, 0.25) is 5.91 Å². The first-order valence-electron chi connectivity index (χ1n) is 11.0. The van der Waals surface area contributed by atoms with E-state index in [-0.39, 0.29) is 36.4 Å². The molecule has 4 fully saturated rings. The SMILES string of the molecule is Cc1ccc(C)c(NC(=O)CN(C)C(=O)COC(=O)C23CC4CC(CC(C4)C2)C3)c1. The predicted molar refractivity (Wildman–Crippen MR) is 114 cm³/mol. The van der Waals surface area contributed by atoms with E-state index in [1.54, 1.807) is 7.05 Å². The van der Waals surface area contributed by atoms with Crippen LogP contribution < -0.4 is 5.32 Å². The molecule has 0 radical (unpaired) electrons. The maximum atomic E-state index is 12.9. The molecule has 2 amide bonds. The van der Waals surface area contributed by atoms with Crippen LogP contribution in [0.25, 0.3) is 0 Å². The molecule has 1 aromatic carbocycles. The Labute approximate surface area is 178 Å². The molecule has 4 aliphatic carbocycles. The molecule has 4 bridgehead atoms. The molecule has 0 unspecified atom stereocenters. The first-order valence-corrected chi connectivity index (χ1v) is 11.0. The Morgan fingerprint density at radius 3 is 2.27 bits per heavy atom. The summed E-state index contributed by atoms with van der Waals surface area (Å²) < 4.78 is 5.48. The molecular formula is C24H32N2O4. The van der Waals surface area contributed by atoms with Gasteiger partial charge in [-0.1, -0.05) is 12.1 Å². The van der Waals surface area contributed by atoms with Gasteiger partial charge in [-0.25, -0.2) is 0 Å². The fourth-order valence-electron chi connectivity index (χ4n) is 6.12. The number of esters is 1. The zero-order valence-corrected chi connectivity index (χ0v) is 18.2. The number of nitrogens with zero attached hydrogens (tertiary/aromatic N) is 1. The molecule has 0 aliphatic heterocycles. The maximum Gasteiger partial charge on any atom is 0.312 e. The lowest BCUT2D eigenvalue weighted by Crippen LogP contribution is -2.51. The van der Waals surface area contributed by atoms with Gasteiger partial charge in [0.1, 0.15) is 0 Å². The van der Waals surface area contributed by atoms with Gasteiger partial charge in [-0.05, 0) is 87.3 Å². The summed E-state index contributed by atoms with van der Waals surface area (Å²) in [4.78, 5) is 39.0. The minimum atomic E-state index is -0.367. The standard InChI is InChI=1S/C24H32N2O4/c1-15-4-5-16(2)20(6-15)25-21(27)13-26(3)22(28)14-30-23(29)24-10-17-7-18(11-24)9-19(8-17)12-24/h4-6,17-19H,7-14H2,1-3H3,(H,25,27). The molecule has 0 saturated heterocycles. The van der Waals surface area contributed by atoms with Crippen molar-refractivity contribution in [1.29, 1.82) is 0 Å². The van der Waals surface area contributed by atoms with Crippen molar-refractivity contribution in [3.05, 3.63) is 29.3 Å². The van der Waals surface area contributed by atoms with Crippen molar-refractivity contribution < 1.29 is 19.1 Å². The minimum Gasteiger partial charge on any atom is -0.455 e. The first-order chi connectivity index (χ1) is 14.2. The third kappa shape index (κ3) is 4.23. The molecule has 30 heavy (non-hydrogen) atoms. The number of hydrogen-bond acceptors (Lipinski definition) is 4.